The summed E-state index contributed by atoms with van der Waals surface area (Å²) in [6.45, 7) is 0. The molecule has 1 saturated heterocycles. The monoisotopic (exact) mass is 489 g/mol. The molecule has 0 radical (unpaired) electrons. The number of carbonyl (C=O) groups excluding carboxylic acids is 2. The maximum atomic E-state index is 13.4. The predicted molar refractivity (Wildman–Crippen MR) is 123 cm³/mol. The molecule has 166 valence electrons. The van der Waals surface area contributed by atoms with E-state index in [9.17, 15) is 18.0 Å². The maximum absolute atomic E-state index is 13.4. The van der Waals surface area contributed by atoms with Crippen molar-refractivity contribution in [1.82, 2.24) is 9.62 Å². The van der Waals surface area contributed by atoms with Gasteiger partial charge in [0.2, 0.25) is 21.4 Å². The second-order valence-corrected chi connectivity index (χ2v) is 11.9. The van der Waals surface area contributed by atoms with Gasteiger partial charge in [-0.25, -0.2) is 12.7 Å². The van der Waals surface area contributed by atoms with Crippen molar-refractivity contribution in [3.05, 3.63) is 59.1 Å². The molecule has 0 aromatic heterocycles. The second-order valence-electron chi connectivity index (χ2n) is 7.57. The van der Waals surface area contributed by atoms with Crippen LogP contribution >= 0.6 is 23.5 Å². The Hall–Kier alpha value is -2.47. The van der Waals surface area contributed by atoms with Gasteiger partial charge in [-0.15, -0.1) is 0 Å². The minimum absolute atomic E-state index is 0.0961. The van der Waals surface area contributed by atoms with E-state index in [1.807, 2.05) is 24.3 Å². The van der Waals surface area contributed by atoms with Crippen LogP contribution in [0.2, 0.25) is 0 Å². The summed E-state index contributed by atoms with van der Waals surface area (Å²) in [6, 6.07) is 11.6. The molecule has 0 saturated carbocycles. The molecule has 0 spiro atoms. The van der Waals surface area contributed by atoms with Gasteiger partial charge in [-0.05, 0) is 42.0 Å². The summed E-state index contributed by atoms with van der Waals surface area (Å²) >= 11 is 2.72. The van der Waals surface area contributed by atoms with Gasteiger partial charge in [0.25, 0.3) is 5.91 Å². The smallest absolute Gasteiger partial charge is 0.280 e. The van der Waals surface area contributed by atoms with Gasteiger partial charge < -0.3 is 10.1 Å². The lowest BCUT2D eigenvalue weighted by Gasteiger charge is -2.36. The number of hydrogen-bond donors (Lipinski definition) is 1. The van der Waals surface area contributed by atoms with Crippen molar-refractivity contribution >= 4 is 51.0 Å². The van der Waals surface area contributed by atoms with Gasteiger partial charge in [-0.3, -0.25) is 14.5 Å². The highest BCUT2D eigenvalue weighted by molar-refractivity contribution is 8.04. The van der Waals surface area contributed by atoms with Gasteiger partial charge >= 0.3 is 0 Å². The van der Waals surface area contributed by atoms with Crippen LogP contribution in [0.5, 0.6) is 5.75 Å². The van der Waals surface area contributed by atoms with Crippen LogP contribution in [0.25, 0.3) is 0 Å². The van der Waals surface area contributed by atoms with Gasteiger partial charge in [0.1, 0.15) is 5.75 Å². The van der Waals surface area contributed by atoms with E-state index in [0.29, 0.717) is 27.8 Å². The van der Waals surface area contributed by atoms with Crippen LogP contribution in [-0.2, 0) is 19.6 Å². The third kappa shape index (κ3) is 3.58. The van der Waals surface area contributed by atoms with Crippen LogP contribution in [0.15, 0.2) is 63.4 Å². The Kier molecular flexibility index (Phi) is 5.24. The fourth-order valence-electron chi connectivity index (χ4n) is 3.70. The number of nitrogens with one attached hydrogen (secondary N) is 1. The third-order valence-corrected chi connectivity index (χ3v) is 9.14. The second kappa shape index (κ2) is 7.84. The average molecular weight is 490 g/mol. The molecule has 2 aromatic carbocycles. The van der Waals surface area contributed by atoms with Crippen LogP contribution < -0.4 is 15.0 Å². The fourth-order valence-corrected chi connectivity index (χ4v) is 6.31. The highest BCUT2D eigenvalue weighted by Crippen LogP contribution is 2.48. The SMILES string of the molecule is CN(C)S(=O)(=O)c1ccc(C(C=C2NC(=O)CS2)N2C(=O)C3Oc4ccc(cc42)S3)cc1. The minimum atomic E-state index is -3.58. The van der Waals surface area contributed by atoms with Crippen LogP contribution in [0, 0.1) is 0 Å². The Labute approximate surface area is 194 Å². The molecule has 2 atom stereocenters. The van der Waals surface area contributed by atoms with Crippen molar-refractivity contribution in [3.8, 4) is 5.75 Å². The van der Waals surface area contributed by atoms with Crippen molar-refractivity contribution in [2.45, 2.75) is 21.3 Å². The van der Waals surface area contributed by atoms with Crippen molar-refractivity contribution < 1.29 is 22.7 Å². The van der Waals surface area contributed by atoms with Crippen LogP contribution in [0.4, 0.5) is 5.69 Å². The number of amides is 2. The van der Waals surface area contributed by atoms with Gasteiger partial charge in [0.15, 0.2) is 0 Å². The molecule has 5 aliphatic rings. The molecule has 11 heteroatoms. The number of nitrogens with zero attached hydrogens (tertiary/aromatic N) is 2. The first-order valence-electron chi connectivity index (χ1n) is 9.71. The molecule has 0 aliphatic carbocycles. The first-order valence-corrected chi connectivity index (χ1v) is 13.0. The molecule has 2 aromatic rings. The first kappa shape index (κ1) is 21.4. The zero-order valence-corrected chi connectivity index (χ0v) is 19.6. The number of sulfonamides is 1. The Bertz CT molecular complexity index is 1260. The van der Waals surface area contributed by atoms with E-state index in [2.05, 4.69) is 5.32 Å². The normalized spacial score (nSPS) is 21.8. The summed E-state index contributed by atoms with van der Waals surface area (Å²) in [5.74, 6) is 0.627. The topological polar surface area (TPSA) is 96.0 Å². The zero-order chi connectivity index (χ0) is 22.6. The summed E-state index contributed by atoms with van der Waals surface area (Å²) in [5.41, 5.74) is 0.668. The molecule has 2 amide bonds. The third-order valence-electron chi connectivity index (χ3n) is 5.32. The van der Waals surface area contributed by atoms with Crippen molar-refractivity contribution in [2.75, 3.05) is 24.7 Å². The molecule has 1 fully saturated rings. The standard InChI is InChI=1S/C21H19N3O5S3/c1-23(2)32(27,28)14-6-3-12(4-7-14)15(10-19-22-18(25)11-30-19)24-16-9-13-5-8-17(16)29-21(31-13)20(24)26/h3-10,15,21H,11H2,1-2H3,(H,22,25). The van der Waals surface area contributed by atoms with Gasteiger partial charge in [-0.1, -0.05) is 35.7 Å². The Morgan fingerprint density at radius 1 is 1.19 bits per heavy atom. The Morgan fingerprint density at radius 3 is 2.59 bits per heavy atom. The molecular weight excluding hydrogens is 470 g/mol. The number of fused-ring (bicyclic) bond motifs is 2. The molecule has 4 bridgehead atoms. The number of hydrogen-bond acceptors (Lipinski definition) is 7. The van der Waals surface area contributed by atoms with E-state index in [-0.39, 0.29) is 16.7 Å². The van der Waals surface area contributed by atoms with Crippen LogP contribution in [0.3, 0.4) is 0 Å². The lowest BCUT2D eigenvalue weighted by molar-refractivity contribution is -0.123. The van der Waals surface area contributed by atoms with E-state index in [1.165, 1.54) is 49.8 Å². The molecule has 5 aliphatic heterocycles. The zero-order valence-electron chi connectivity index (χ0n) is 17.1. The predicted octanol–water partition coefficient (Wildman–Crippen LogP) is 2.54. The number of thioether (sulfide) groups is 2. The average Bonchev–Trinajstić information content (AvgIpc) is 2.93. The Balaban J connectivity index is 1.61. The fraction of sp³-hybridized carbons (Fsp3) is 0.238. The lowest BCUT2D eigenvalue weighted by atomic mass is 10.0. The van der Waals surface area contributed by atoms with Gasteiger partial charge in [0, 0.05) is 19.0 Å². The first-order chi connectivity index (χ1) is 15.2. The molecule has 1 N–H and O–H groups in total. The van der Waals surface area contributed by atoms with E-state index in [0.717, 1.165) is 9.20 Å². The molecule has 5 heterocycles. The van der Waals surface area contributed by atoms with Crippen LogP contribution in [-0.4, -0.2) is 49.8 Å². The number of carbonyl (C=O) groups is 2. The van der Waals surface area contributed by atoms with Gasteiger partial charge in [0.05, 0.1) is 27.4 Å². The maximum Gasteiger partial charge on any atom is 0.280 e. The van der Waals surface area contributed by atoms with Crippen molar-refractivity contribution in [2.24, 2.45) is 0 Å². The van der Waals surface area contributed by atoms with Crippen molar-refractivity contribution in [3.63, 3.8) is 0 Å². The lowest BCUT2D eigenvalue weighted by Crippen LogP contribution is -2.45. The number of anilines is 1. The summed E-state index contributed by atoms with van der Waals surface area (Å²) in [7, 11) is -0.627. The highest BCUT2D eigenvalue weighted by Gasteiger charge is 2.42. The largest absolute Gasteiger partial charge is 0.467 e. The molecule has 8 nitrogen and oxygen atoms in total. The van der Waals surface area contributed by atoms with E-state index in [1.54, 1.807) is 17.0 Å². The Morgan fingerprint density at radius 2 is 1.94 bits per heavy atom. The summed E-state index contributed by atoms with van der Waals surface area (Å²) in [5, 5.41) is 3.47. The highest BCUT2D eigenvalue weighted by atomic mass is 32.2. The molecule has 2 unspecified atom stereocenters. The molecule has 7 rings (SSSR count). The van der Waals surface area contributed by atoms with Crippen LogP contribution in [0.1, 0.15) is 11.6 Å². The minimum Gasteiger partial charge on any atom is -0.467 e. The summed E-state index contributed by atoms with van der Waals surface area (Å²) in [6.07, 6.45) is 1.83. The quantitative estimate of drug-likeness (QED) is 0.690. The number of ether oxygens (including phenoxy) is 1. The summed E-state index contributed by atoms with van der Waals surface area (Å²) in [4.78, 5) is 27.9. The van der Waals surface area contributed by atoms with E-state index >= 15 is 0 Å². The summed E-state index contributed by atoms with van der Waals surface area (Å²) < 4.78 is 31.9. The van der Waals surface area contributed by atoms with E-state index < -0.39 is 21.5 Å². The number of benzene rings is 2. The number of rotatable bonds is 5. The molecule has 32 heavy (non-hydrogen) atoms. The van der Waals surface area contributed by atoms with Crippen molar-refractivity contribution in [1.29, 1.82) is 0 Å². The molecular formula is C21H19N3O5S3. The van der Waals surface area contributed by atoms with Gasteiger partial charge in [-0.2, -0.15) is 0 Å². The van der Waals surface area contributed by atoms with E-state index in [4.69, 9.17) is 4.74 Å².